The van der Waals surface area contributed by atoms with Crippen LogP contribution in [0.5, 0.6) is 0 Å². The quantitative estimate of drug-likeness (QED) is 0.806. The first-order valence-corrected chi connectivity index (χ1v) is 6.48. The molecule has 86 valence electrons. The van der Waals surface area contributed by atoms with Crippen LogP contribution in [0, 0.1) is 0 Å². The number of hydrogen-bond acceptors (Lipinski definition) is 4. The number of sulfone groups is 1. The number of benzene rings is 1. The summed E-state index contributed by atoms with van der Waals surface area (Å²) >= 11 is 0. The van der Waals surface area contributed by atoms with Gasteiger partial charge in [0.1, 0.15) is 0 Å². The van der Waals surface area contributed by atoms with E-state index in [1.807, 2.05) is 0 Å². The molecular formula is C11H13NO3S. The Bertz CT molecular complexity index is 534. The Labute approximate surface area is 94.3 Å². The van der Waals surface area contributed by atoms with Crippen LogP contribution < -0.4 is 5.73 Å². The van der Waals surface area contributed by atoms with Crippen LogP contribution in [0.3, 0.4) is 0 Å². The van der Waals surface area contributed by atoms with Crippen LogP contribution in [-0.2, 0) is 9.84 Å². The van der Waals surface area contributed by atoms with E-state index in [2.05, 4.69) is 0 Å². The molecule has 1 aliphatic rings. The fourth-order valence-electron chi connectivity index (χ4n) is 1.79. The maximum Gasteiger partial charge on any atom is 0.204 e. The van der Waals surface area contributed by atoms with Gasteiger partial charge in [-0.3, -0.25) is 0 Å². The highest BCUT2D eigenvalue weighted by Gasteiger charge is 2.32. The molecule has 0 aliphatic carbocycles. The standard InChI is InChI=1S/C11H13NO3S/c12-9(5-6-13)11-7-8-3-1-2-4-10(8)16(11,14)15/h1-4,7,9,13H,5-6,12H2. The van der Waals surface area contributed by atoms with E-state index in [1.54, 1.807) is 30.3 Å². The van der Waals surface area contributed by atoms with Gasteiger partial charge >= 0.3 is 0 Å². The highest BCUT2D eigenvalue weighted by Crippen LogP contribution is 2.34. The van der Waals surface area contributed by atoms with Crippen molar-refractivity contribution in [3.05, 3.63) is 34.7 Å². The topological polar surface area (TPSA) is 80.4 Å². The summed E-state index contributed by atoms with van der Waals surface area (Å²) in [4.78, 5) is 0.501. The van der Waals surface area contributed by atoms with E-state index < -0.39 is 15.9 Å². The molecule has 0 spiro atoms. The first-order chi connectivity index (χ1) is 7.57. The second-order valence-electron chi connectivity index (χ2n) is 3.71. The Hall–Kier alpha value is -1.17. The lowest BCUT2D eigenvalue weighted by Crippen LogP contribution is -2.26. The zero-order valence-electron chi connectivity index (χ0n) is 8.63. The Morgan fingerprint density at radius 1 is 1.31 bits per heavy atom. The number of aliphatic hydroxyl groups excluding tert-OH is 1. The van der Waals surface area contributed by atoms with Gasteiger partial charge in [-0.05, 0) is 24.1 Å². The molecule has 1 atom stereocenters. The lowest BCUT2D eigenvalue weighted by atomic mass is 10.1. The number of rotatable bonds is 3. The van der Waals surface area contributed by atoms with Gasteiger partial charge in [-0.2, -0.15) is 0 Å². The lowest BCUT2D eigenvalue weighted by Gasteiger charge is -2.10. The molecule has 0 saturated carbocycles. The van der Waals surface area contributed by atoms with Crippen LogP contribution >= 0.6 is 0 Å². The van der Waals surface area contributed by atoms with Crippen LogP contribution in [-0.4, -0.2) is 26.2 Å². The molecule has 2 rings (SSSR count). The first-order valence-electron chi connectivity index (χ1n) is 4.99. The highest BCUT2D eigenvalue weighted by atomic mass is 32.2. The van der Waals surface area contributed by atoms with Gasteiger partial charge in [-0.25, -0.2) is 8.42 Å². The van der Waals surface area contributed by atoms with Crippen molar-refractivity contribution in [2.75, 3.05) is 6.61 Å². The molecule has 4 nitrogen and oxygen atoms in total. The molecule has 16 heavy (non-hydrogen) atoms. The van der Waals surface area contributed by atoms with Gasteiger partial charge in [0.15, 0.2) is 0 Å². The van der Waals surface area contributed by atoms with Gasteiger partial charge in [-0.15, -0.1) is 0 Å². The third-order valence-corrected chi connectivity index (χ3v) is 4.61. The van der Waals surface area contributed by atoms with E-state index in [1.165, 1.54) is 0 Å². The van der Waals surface area contributed by atoms with Crippen molar-refractivity contribution >= 4 is 15.9 Å². The first kappa shape index (κ1) is 11.3. The maximum atomic E-state index is 12.1. The number of fused-ring (bicyclic) bond motifs is 1. The maximum absolute atomic E-state index is 12.1. The van der Waals surface area contributed by atoms with Crippen LogP contribution in [0.1, 0.15) is 12.0 Å². The summed E-state index contributed by atoms with van der Waals surface area (Å²) in [5.41, 5.74) is 6.41. The van der Waals surface area contributed by atoms with Gasteiger partial charge < -0.3 is 10.8 Å². The van der Waals surface area contributed by atoms with Crippen LogP contribution in [0.2, 0.25) is 0 Å². The second kappa shape index (κ2) is 4.01. The number of nitrogens with two attached hydrogens (primary N) is 1. The molecule has 1 heterocycles. The summed E-state index contributed by atoms with van der Waals surface area (Å²) in [7, 11) is -3.44. The van der Waals surface area contributed by atoms with Gasteiger partial charge in [0, 0.05) is 12.6 Å². The Kier molecular flexibility index (Phi) is 2.84. The van der Waals surface area contributed by atoms with Gasteiger partial charge in [-0.1, -0.05) is 18.2 Å². The van der Waals surface area contributed by atoms with Crippen LogP contribution in [0.25, 0.3) is 6.08 Å². The van der Waals surface area contributed by atoms with Crippen LogP contribution in [0.4, 0.5) is 0 Å². The molecule has 0 bridgehead atoms. The van der Waals surface area contributed by atoms with Crippen molar-refractivity contribution in [1.29, 1.82) is 0 Å². The molecule has 1 aliphatic heterocycles. The monoisotopic (exact) mass is 239 g/mol. The van der Waals surface area contributed by atoms with E-state index in [4.69, 9.17) is 10.8 Å². The van der Waals surface area contributed by atoms with Crippen molar-refractivity contribution in [2.45, 2.75) is 17.4 Å². The van der Waals surface area contributed by atoms with E-state index >= 15 is 0 Å². The molecule has 0 fully saturated rings. The smallest absolute Gasteiger partial charge is 0.204 e. The summed E-state index contributed by atoms with van der Waals surface area (Å²) in [6.45, 7) is -0.121. The highest BCUT2D eigenvalue weighted by molar-refractivity contribution is 7.96. The van der Waals surface area contributed by atoms with Gasteiger partial charge in [0.05, 0.1) is 9.80 Å². The molecular weight excluding hydrogens is 226 g/mol. The minimum Gasteiger partial charge on any atom is -0.396 e. The van der Waals surface area contributed by atoms with E-state index in [9.17, 15) is 8.42 Å². The molecule has 0 aromatic heterocycles. The summed E-state index contributed by atoms with van der Waals surface area (Å²) < 4.78 is 24.1. The Morgan fingerprint density at radius 3 is 2.62 bits per heavy atom. The van der Waals surface area contributed by atoms with Crippen molar-refractivity contribution in [2.24, 2.45) is 5.73 Å². The normalized spacial score (nSPS) is 19.0. The summed E-state index contributed by atoms with van der Waals surface area (Å²) in [6.07, 6.45) is 1.84. The number of hydrogen-bond donors (Lipinski definition) is 2. The van der Waals surface area contributed by atoms with Crippen molar-refractivity contribution in [3.63, 3.8) is 0 Å². The molecule has 1 aromatic carbocycles. The summed E-state index contributed by atoms with van der Waals surface area (Å²) in [5.74, 6) is 0. The minimum absolute atomic E-state index is 0.121. The second-order valence-corrected chi connectivity index (χ2v) is 5.62. The largest absolute Gasteiger partial charge is 0.396 e. The predicted octanol–water partition coefficient (Wildman–Crippen LogP) is 0.525. The predicted molar refractivity (Wildman–Crippen MR) is 61.3 cm³/mol. The average molecular weight is 239 g/mol. The Morgan fingerprint density at radius 2 is 2.00 bits per heavy atom. The minimum atomic E-state index is -3.44. The molecule has 0 radical (unpaired) electrons. The average Bonchev–Trinajstić information content (AvgIpc) is 2.52. The molecule has 5 heteroatoms. The summed E-state index contributed by atoms with van der Waals surface area (Å²) in [6, 6.07) is 6.14. The SMILES string of the molecule is NC(CCO)C1=Cc2ccccc2S1(=O)=O. The van der Waals surface area contributed by atoms with Crippen molar-refractivity contribution in [1.82, 2.24) is 0 Å². The molecule has 3 N–H and O–H groups in total. The number of aliphatic hydroxyl groups is 1. The van der Waals surface area contributed by atoms with Gasteiger partial charge in [0.25, 0.3) is 0 Å². The van der Waals surface area contributed by atoms with E-state index in [0.717, 1.165) is 0 Å². The van der Waals surface area contributed by atoms with E-state index in [-0.39, 0.29) is 17.9 Å². The third-order valence-electron chi connectivity index (χ3n) is 2.62. The fourth-order valence-corrected chi connectivity index (χ4v) is 3.54. The summed E-state index contributed by atoms with van der Waals surface area (Å²) in [5, 5.41) is 8.78. The third kappa shape index (κ3) is 1.67. The van der Waals surface area contributed by atoms with Crippen molar-refractivity contribution in [3.8, 4) is 0 Å². The lowest BCUT2D eigenvalue weighted by molar-refractivity contribution is 0.282. The zero-order valence-corrected chi connectivity index (χ0v) is 9.44. The molecule has 1 aromatic rings. The fraction of sp³-hybridized carbons (Fsp3) is 0.273. The molecule has 0 saturated heterocycles. The van der Waals surface area contributed by atoms with Crippen molar-refractivity contribution < 1.29 is 13.5 Å². The van der Waals surface area contributed by atoms with Crippen LogP contribution in [0.15, 0.2) is 34.1 Å². The molecule has 0 amide bonds. The molecule has 1 unspecified atom stereocenters. The Balaban J connectivity index is 2.47. The van der Waals surface area contributed by atoms with E-state index in [0.29, 0.717) is 10.5 Å². The zero-order chi connectivity index (χ0) is 11.8. The van der Waals surface area contributed by atoms with Gasteiger partial charge in [0.2, 0.25) is 9.84 Å².